The summed E-state index contributed by atoms with van der Waals surface area (Å²) in [4.78, 5) is 35.9. The molecule has 0 bridgehead atoms. The molecular formula is C18H19N5O4S. The Balaban J connectivity index is 1.53. The first-order valence-corrected chi connectivity index (χ1v) is 9.71. The van der Waals surface area contributed by atoms with E-state index in [1.807, 2.05) is 13.8 Å². The Bertz CT molecular complexity index is 1090. The molecule has 2 aromatic heterocycles. The zero-order valence-corrected chi connectivity index (χ0v) is 16.3. The number of fused-ring (bicyclic) bond motifs is 2. The Kier molecular flexibility index (Phi) is 4.86. The summed E-state index contributed by atoms with van der Waals surface area (Å²) < 4.78 is 12.3. The maximum absolute atomic E-state index is 12.7. The van der Waals surface area contributed by atoms with E-state index < -0.39 is 0 Å². The van der Waals surface area contributed by atoms with Gasteiger partial charge in [-0.1, -0.05) is 11.3 Å². The van der Waals surface area contributed by atoms with Crippen LogP contribution in [0.25, 0.3) is 10.3 Å². The lowest BCUT2D eigenvalue weighted by Gasteiger charge is -2.15. The van der Waals surface area contributed by atoms with Gasteiger partial charge >= 0.3 is 0 Å². The number of nitrogens with zero attached hydrogens (tertiary/aromatic N) is 4. The van der Waals surface area contributed by atoms with Gasteiger partial charge in [0, 0.05) is 24.8 Å². The number of rotatable bonds is 6. The van der Waals surface area contributed by atoms with Crippen molar-refractivity contribution in [2.75, 3.05) is 30.1 Å². The fourth-order valence-corrected chi connectivity index (χ4v) is 4.00. The van der Waals surface area contributed by atoms with Gasteiger partial charge in [0.05, 0.1) is 0 Å². The molecule has 3 aromatic rings. The summed E-state index contributed by atoms with van der Waals surface area (Å²) in [6.45, 7) is 5.67. The van der Waals surface area contributed by atoms with Crippen LogP contribution in [0.4, 0.5) is 10.8 Å². The highest BCUT2D eigenvalue weighted by Crippen LogP contribution is 2.34. The van der Waals surface area contributed by atoms with Crippen LogP contribution < -0.4 is 25.2 Å². The van der Waals surface area contributed by atoms with Crippen molar-refractivity contribution in [3.05, 3.63) is 34.9 Å². The van der Waals surface area contributed by atoms with Crippen LogP contribution in [-0.4, -0.2) is 40.3 Å². The molecule has 0 saturated heterocycles. The molecule has 28 heavy (non-hydrogen) atoms. The van der Waals surface area contributed by atoms with Crippen molar-refractivity contribution in [3.63, 3.8) is 0 Å². The van der Waals surface area contributed by atoms with Crippen LogP contribution in [0.1, 0.15) is 13.8 Å². The lowest BCUT2D eigenvalue weighted by Crippen LogP contribution is -2.27. The van der Waals surface area contributed by atoms with Gasteiger partial charge in [-0.25, -0.2) is 4.98 Å². The van der Waals surface area contributed by atoms with Gasteiger partial charge in [-0.15, -0.1) is 0 Å². The summed E-state index contributed by atoms with van der Waals surface area (Å²) in [5.41, 5.74) is 0.698. The van der Waals surface area contributed by atoms with Crippen molar-refractivity contribution in [2.45, 2.75) is 20.4 Å². The fourth-order valence-electron chi connectivity index (χ4n) is 2.91. The zero-order valence-electron chi connectivity index (χ0n) is 15.5. The van der Waals surface area contributed by atoms with Crippen LogP contribution in [0.5, 0.6) is 11.5 Å². The molecule has 1 N–H and O–H groups in total. The van der Waals surface area contributed by atoms with Crippen LogP contribution in [0.2, 0.25) is 0 Å². The van der Waals surface area contributed by atoms with Gasteiger partial charge in [0.15, 0.2) is 22.3 Å². The predicted molar refractivity (Wildman–Crippen MR) is 106 cm³/mol. The van der Waals surface area contributed by atoms with Crippen LogP contribution >= 0.6 is 11.3 Å². The fraction of sp³-hybridized carbons (Fsp3) is 0.333. The maximum atomic E-state index is 12.7. The Morgan fingerprint density at radius 1 is 1.29 bits per heavy atom. The second kappa shape index (κ2) is 7.47. The van der Waals surface area contributed by atoms with Crippen LogP contribution in [0.15, 0.2) is 29.3 Å². The van der Waals surface area contributed by atoms with Gasteiger partial charge in [-0.3, -0.25) is 14.2 Å². The number of anilines is 2. The van der Waals surface area contributed by atoms with E-state index in [2.05, 4.69) is 20.2 Å². The van der Waals surface area contributed by atoms with Crippen molar-refractivity contribution < 1.29 is 14.3 Å². The number of carbonyl (C=O) groups excluding carboxylic acids is 1. The first-order valence-electron chi connectivity index (χ1n) is 8.89. The summed E-state index contributed by atoms with van der Waals surface area (Å²) in [6.07, 6.45) is 1.36. The van der Waals surface area contributed by atoms with E-state index in [0.717, 1.165) is 18.2 Å². The number of carbonyl (C=O) groups is 1. The number of nitrogens with one attached hydrogen (secondary N) is 1. The third-order valence-corrected chi connectivity index (χ3v) is 5.47. The Labute approximate surface area is 164 Å². The SMILES string of the molecule is CCN(CC)c1nc2ncn(CC(=O)Nc3ccc4c(c3)OCO4)c(=O)c2s1. The molecule has 1 aliphatic heterocycles. The predicted octanol–water partition coefficient (Wildman–Crippen LogP) is 2.07. The highest BCUT2D eigenvalue weighted by Gasteiger charge is 2.17. The molecule has 146 valence electrons. The molecular weight excluding hydrogens is 382 g/mol. The monoisotopic (exact) mass is 401 g/mol. The molecule has 0 atom stereocenters. The first kappa shape index (κ1) is 18.2. The quantitative estimate of drug-likeness (QED) is 0.675. The molecule has 0 radical (unpaired) electrons. The van der Waals surface area contributed by atoms with E-state index in [4.69, 9.17) is 9.47 Å². The molecule has 1 aromatic carbocycles. The highest BCUT2D eigenvalue weighted by molar-refractivity contribution is 7.22. The Morgan fingerprint density at radius 3 is 2.86 bits per heavy atom. The molecule has 0 spiro atoms. The summed E-state index contributed by atoms with van der Waals surface area (Å²) in [5, 5.41) is 3.51. The van der Waals surface area contributed by atoms with Gasteiger partial charge in [-0.05, 0) is 26.0 Å². The van der Waals surface area contributed by atoms with Gasteiger partial charge in [-0.2, -0.15) is 4.98 Å². The largest absolute Gasteiger partial charge is 0.454 e. The van der Waals surface area contributed by atoms with Crippen LogP contribution in [0, 0.1) is 0 Å². The first-order chi connectivity index (χ1) is 13.6. The summed E-state index contributed by atoms with van der Waals surface area (Å²) in [7, 11) is 0. The molecule has 0 aliphatic carbocycles. The van der Waals surface area contributed by atoms with Gasteiger partial charge in [0.2, 0.25) is 12.7 Å². The third-order valence-electron chi connectivity index (χ3n) is 4.38. The molecule has 0 fully saturated rings. The molecule has 1 amide bonds. The summed E-state index contributed by atoms with van der Waals surface area (Å²) in [5.74, 6) is 0.875. The van der Waals surface area contributed by atoms with E-state index in [9.17, 15) is 9.59 Å². The van der Waals surface area contributed by atoms with E-state index in [-0.39, 0.29) is 24.8 Å². The van der Waals surface area contributed by atoms with E-state index >= 15 is 0 Å². The minimum atomic E-state index is -0.337. The van der Waals surface area contributed by atoms with Crippen molar-refractivity contribution in [2.24, 2.45) is 0 Å². The lowest BCUT2D eigenvalue weighted by atomic mass is 10.3. The summed E-state index contributed by atoms with van der Waals surface area (Å²) >= 11 is 1.30. The highest BCUT2D eigenvalue weighted by atomic mass is 32.1. The smallest absolute Gasteiger partial charge is 0.273 e. The van der Waals surface area contributed by atoms with E-state index in [0.29, 0.717) is 27.5 Å². The minimum absolute atomic E-state index is 0.144. The molecule has 1 aliphatic rings. The maximum Gasteiger partial charge on any atom is 0.273 e. The van der Waals surface area contributed by atoms with E-state index in [1.54, 1.807) is 18.2 Å². The number of ether oxygens (including phenoxy) is 2. The Morgan fingerprint density at radius 2 is 2.07 bits per heavy atom. The minimum Gasteiger partial charge on any atom is -0.454 e. The second-order valence-electron chi connectivity index (χ2n) is 6.12. The number of hydrogen-bond acceptors (Lipinski definition) is 8. The Hall–Kier alpha value is -3.14. The molecule has 4 rings (SSSR count). The van der Waals surface area contributed by atoms with Crippen molar-refractivity contribution in [1.29, 1.82) is 0 Å². The number of aromatic nitrogens is 3. The van der Waals surface area contributed by atoms with Gasteiger partial charge < -0.3 is 19.7 Å². The van der Waals surface area contributed by atoms with Crippen molar-refractivity contribution in [1.82, 2.24) is 14.5 Å². The average molecular weight is 401 g/mol. The number of thiazole rings is 1. The lowest BCUT2D eigenvalue weighted by molar-refractivity contribution is -0.116. The van der Waals surface area contributed by atoms with Crippen molar-refractivity contribution >= 4 is 38.4 Å². The van der Waals surface area contributed by atoms with E-state index in [1.165, 1.54) is 22.2 Å². The number of amides is 1. The van der Waals surface area contributed by atoms with Crippen molar-refractivity contribution in [3.8, 4) is 11.5 Å². The zero-order chi connectivity index (χ0) is 19.7. The molecule has 0 saturated carbocycles. The molecule has 9 nitrogen and oxygen atoms in total. The normalized spacial score (nSPS) is 12.4. The second-order valence-corrected chi connectivity index (χ2v) is 7.09. The standard InChI is InChI=1S/C18H19N5O4S/c1-3-22(4-2)18-21-16-15(28-18)17(25)23(9-19-16)8-14(24)20-11-5-6-12-13(7-11)27-10-26-12/h5-7,9H,3-4,8,10H2,1-2H3,(H,20,24). The average Bonchev–Trinajstić information content (AvgIpc) is 3.32. The van der Waals surface area contributed by atoms with Crippen LogP contribution in [-0.2, 0) is 11.3 Å². The topological polar surface area (TPSA) is 98.6 Å². The molecule has 0 unspecified atom stereocenters. The third kappa shape index (κ3) is 3.38. The summed E-state index contributed by atoms with van der Waals surface area (Å²) in [6, 6.07) is 5.13. The molecule has 10 heteroatoms. The van der Waals surface area contributed by atoms with Crippen LogP contribution in [0.3, 0.4) is 0 Å². The molecule has 3 heterocycles. The number of benzene rings is 1. The van der Waals surface area contributed by atoms with Gasteiger partial charge in [0.25, 0.3) is 5.56 Å². The van der Waals surface area contributed by atoms with Gasteiger partial charge in [0.1, 0.15) is 17.6 Å². The number of hydrogen-bond donors (Lipinski definition) is 1.